The van der Waals surface area contributed by atoms with E-state index in [0.717, 1.165) is 33.2 Å². The Hall–Kier alpha value is -4.76. The minimum atomic E-state index is 0.682. The summed E-state index contributed by atoms with van der Waals surface area (Å²) in [6.07, 6.45) is 0. The minimum Gasteiger partial charge on any atom is -0.278 e. The van der Waals surface area contributed by atoms with E-state index in [1.807, 2.05) is 18.2 Å². The van der Waals surface area contributed by atoms with Gasteiger partial charge in [0.25, 0.3) is 0 Å². The minimum absolute atomic E-state index is 0.682. The molecule has 0 saturated carbocycles. The molecular weight excluding hydrogens is 426 g/mol. The van der Waals surface area contributed by atoms with Crippen LogP contribution >= 0.6 is 0 Å². The van der Waals surface area contributed by atoms with Crippen LogP contribution in [0.5, 0.6) is 0 Å². The van der Waals surface area contributed by atoms with Crippen LogP contribution in [-0.4, -0.2) is 14.5 Å². The molecule has 0 saturated heterocycles. The monoisotopic (exact) mass is 447 g/mol. The van der Waals surface area contributed by atoms with Gasteiger partial charge >= 0.3 is 0 Å². The van der Waals surface area contributed by atoms with E-state index in [-0.39, 0.29) is 0 Å². The standard InChI is InChI=1S/C32H21N3/c1-3-11-22(12-4-1)24-19-20-30-27(21-24)25-15-8-10-18-29(25)35(30)32-33-28-17-9-7-16-26(28)31(34-32)23-13-5-2-6-14-23/h1-21H. The first-order valence-corrected chi connectivity index (χ1v) is 11.8. The highest BCUT2D eigenvalue weighted by atomic mass is 15.2. The molecule has 5 aromatic carbocycles. The van der Waals surface area contributed by atoms with Crippen LogP contribution in [0.2, 0.25) is 0 Å². The Morgan fingerprint density at radius 3 is 1.86 bits per heavy atom. The van der Waals surface area contributed by atoms with Crippen molar-refractivity contribution in [2.75, 3.05) is 0 Å². The van der Waals surface area contributed by atoms with E-state index in [0.29, 0.717) is 5.95 Å². The van der Waals surface area contributed by atoms with Gasteiger partial charge in [0.05, 0.1) is 22.2 Å². The van der Waals surface area contributed by atoms with Crippen molar-refractivity contribution in [2.24, 2.45) is 0 Å². The average Bonchev–Trinajstić information content (AvgIpc) is 3.27. The maximum absolute atomic E-state index is 5.15. The van der Waals surface area contributed by atoms with Gasteiger partial charge in [0, 0.05) is 21.7 Å². The Morgan fingerprint density at radius 2 is 1.06 bits per heavy atom. The van der Waals surface area contributed by atoms with E-state index in [4.69, 9.17) is 9.97 Å². The fourth-order valence-corrected chi connectivity index (χ4v) is 4.98. The van der Waals surface area contributed by atoms with Crippen LogP contribution in [0.1, 0.15) is 0 Å². The van der Waals surface area contributed by atoms with Crippen LogP contribution in [-0.2, 0) is 0 Å². The van der Waals surface area contributed by atoms with Crippen molar-refractivity contribution < 1.29 is 0 Å². The van der Waals surface area contributed by atoms with Gasteiger partial charge in [0.2, 0.25) is 5.95 Å². The Labute approximate surface area is 203 Å². The van der Waals surface area contributed by atoms with E-state index < -0.39 is 0 Å². The zero-order chi connectivity index (χ0) is 23.2. The van der Waals surface area contributed by atoms with E-state index in [1.165, 1.54) is 21.9 Å². The number of benzene rings is 5. The predicted molar refractivity (Wildman–Crippen MR) is 145 cm³/mol. The highest BCUT2D eigenvalue weighted by molar-refractivity contribution is 6.10. The lowest BCUT2D eigenvalue weighted by Crippen LogP contribution is -2.03. The summed E-state index contributed by atoms with van der Waals surface area (Å²) in [6, 6.07) is 44.3. The molecule has 2 aromatic heterocycles. The Kier molecular flexibility index (Phi) is 4.46. The maximum atomic E-state index is 5.15. The number of hydrogen-bond donors (Lipinski definition) is 0. The third-order valence-electron chi connectivity index (χ3n) is 6.62. The first-order chi connectivity index (χ1) is 17.4. The molecule has 2 heterocycles. The molecule has 3 heteroatoms. The Balaban J connectivity index is 1.54. The molecule has 0 bridgehead atoms. The molecule has 0 N–H and O–H groups in total. The van der Waals surface area contributed by atoms with Gasteiger partial charge in [-0.3, -0.25) is 4.57 Å². The average molecular weight is 448 g/mol. The number of aromatic nitrogens is 3. The number of para-hydroxylation sites is 2. The number of nitrogens with zero attached hydrogens (tertiary/aromatic N) is 3. The van der Waals surface area contributed by atoms with Crippen molar-refractivity contribution in [2.45, 2.75) is 0 Å². The van der Waals surface area contributed by atoms with Crippen LogP contribution in [0.4, 0.5) is 0 Å². The molecule has 0 unspecified atom stereocenters. The fraction of sp³-hybridized carbons (Fsp3) is 0. The van der Waals surface area contributed by atoms with Crippen LogP contribution in [0.3, 0.4) is 0 Å². The topological polar surface area (TPSA) is 30.7 Å². The normalized spacial score (nSPS) is 11.4. The number of rotatable bonds is 3. The molecule has 3 nitrogen and oxygen atoms in total. The van der Waals surface area contributed by atoms with Crippen molar-refractivity contribution in [3.63, 3.8) is 0 Å². The predicted octanol–water partition coefficient (Wildman–Crippen LogP) is 8.06. The van der Waals surface area contributed by atoms with E-state index in [1.54, 1.807) is 0 Å². The fourth-order valence-electron chi connectivity index (χ4n) is 4.98. The van der Waals surface area contributed by atoms with Crippen molar-refractivity contribution in [1.82, 2.24) is 14.5 Å². The number of fused-ring (bicyclic) bond motifs is 4. The van der Waals surface area contributed by atoms with Gasteiger partial charge in [-0.25, -0.2) is 9.97 Å². The third kappa shape index (κ3) is 3.21. The first-order valence-electron chi connectivity index (χ1n) is 11.8. The number of hydrogen-bond acceptors (Lipinski definition) is 2. The van der Waals surface area contributed by atoms with Crippen molar-refractivity contribution >= 4 is 32.7 Å². The summed E-state index contributed by atoms with van der Waals surface area (Å²) in [5, 5.41) is 3.44. The summed E-state index contributed by atoms with van der Waals surface area (Å²) in [6.45, 7) is 0. The molecule has 0 aliphatic carbocycles. The smallest absolute Gasteiger partial charge is 0.235 e. The lowest BCUT2D eigenvalue weighted by atomic mass is 10.0. The molecule has 164 valence electrons. The van der Waals surface area contributed by atoms with Gasteiger partial charge in [0.1, 0.15) is 0 Å². The molecule has 0 amide bonds. The molecule has 7 aromatic rings. The summed E-state index contributed by atoms with van der Waals surface area (Å²) in [4.78, 5) is 10.2. The van der Waals surface area contributed by atoms with Gasteiger partial charge < -0.3 is 0 Å². The summed E-state index contributed by atoms with van der Waals surface area (Å²) in [5.41, 5.74) is 7.56. The molecule has 0 spiro atoms. The third-order valence-corrected chi connectivity index (χ3v) is 6.62. The van der Waals surface area contributed by atoms with E-state index in [9.17, 15) is 0 Å². The molecule has 0 radical (unpaired) electrons. The van der Waals surface area contributed by atoms with Crippen LogP contribution in [0, 0.1) is 0 Å². The Morgan fingerprint density at radius 1 is 0.429 bits per heavy atom. The maximum Gasteiger partial charge on any atom is 0.235 e. The van der Waals surface area contributed by atoms with Gasteiger partial charge in [0.15, 0.2) is 0 Å². The summed E-state index contributed by atoms with van der Waals surface area (Å²) >= 11 is 0. The van der Waals surface area contributed by atoms with Crippen molar-refractivity contribution in [1.29, 1.82) is 0 Å². The van der Waals surface area contributed by atoms with Gasteiger partial charge in [-0.15, -0.1) is 0 Å². The largest absolute Gasteiger partial charge is 0.278 e. The first kappa shape index (κ1) is 19.7. The van der Waals surface area contributed by atoms with E-state index in [2.05, 4.69) is 114 Å². The van der Waals surface area contributed by atoms with E-state index >= 15 is 0 Å². The second kappa shape index (κ2) is 7.93. The van der Waals surface area contributed by atoms with Gasteiger partial charge in [-0.2, -0.15) is 0 Å². The van der Waals surface area contributed by atoms with Crippen LogP contribution < -0.4 is 0 Å². The summed E-state index contributed by atoms with van der Waals surface area (Å²) < 4.78 is 2.19. The second-order valence-corrected chi connectivity index (χ2v) is 8.71. The van der Waals surface area contributed by atoms with Gasteiger partial charge in [-0.05, 0) is 35.4 Å². The zero-order valence-electron chi connectivity index (χ0n) is 19.0. The summed E-state index contributed by atoms with van der Waals surface area (Å²) in [7, 11) is 0. The second-order valence-electron chi connectivity index (χ2n) is 8.71. The highest BCUT2D eigenvalue weighted by Crippen LogP contribution is 2.35. The lowest BCUT2D eigenvalue weighted by Gasteiger charge is -2.11. The molecule has 0 fully saturated rings. The van der Waals surface area contributed by atoms with Crippen molar-refractivity contribution in [3.8, 4) is 28.3 Å². The molecule has 0 aliphatic heterocycles. The summed E-state index contributed by atoms with van der Waals surface area (Å²) in [5.74, 6) is 0.682. The van der Waals surface area contributed by atoms with Crippen LogP contribution in [0.15, 0.2) is 127 Å². The van der Waals surface area contributed by atoms with Crippen LogP contribution in [0.25, 0.3) is 61.0 Å². The van der Waals surface area contributed by atoms with Crippen molar-refractivity contribution in [3.05, 3.63) is 127 Å². The SMILES string of the molecule is c1ccc(-c2ccc3c(c2)c2ccccc2n3-c2nc(-c3ccccc3)c3ccccc3n2)cc1. The Bertz CT molecular complexity index is 1830. The van der Waals surface area contributed by atoms with Gasteiger partial charge in [-0.1, -0.05) is 103 Å². The molecule has 7 rings (SSSR count). The lowest BCUT2D eigenvalue weighted by molar-refractivity contribution is 1.01. The quantitative estimate of drug-likeness (QED) is 0.274. The molecule has 0 atom stereocenters. The molecular formula is C32H21N3. The molecule has 35 heavy (non-hydrogen) atoms. The zero-order valence-corrected chi connectivity index (χ0v) is 19.0. The highest BCUT2D eigenvalue weighted by Gasteiger charge is 2.17. The molecule has 0 aliphatic rings.